The Labute approximate surface area is 76.0 Å². The summed E-state index contributed by atoms with van der Waals surface area (Å²) in [5.41, 5.74) is 0. The Hall–Kier alpha value is -0.340. The molecule has 12 heavy (non-hydrogen) atoms. The number of nitrogens with one attached hydrogen (secondary N) is 1. The summed E-state index contributed by atoms with van der Waals surface area (Å²) in [6, 6.07) is 0. The second kappa shape index (κ2) is 10.7. The summed E-state index contributed by atoms with van der Waals surface area (Å²) < 4.78 is 5.35. The van der Waals surface area contributed by atoms with Gasteiger partial charge in [-0.05, 0) is 39.8 Å². The molecule has 0 heterocycles. The summed E-state index contributed by atoms with van der Waals surface area (Å²) in [6.07, 6.45) is 7.74. The standard InChI is InChI=1S/C10H21NO/c1-3-4-9-12-10-7-5-6-8-11-2/h3-4,11H,5-10H2,1-2H3. The summed E-state index contributed by atoms with van der Waals surface area (Å²) >= 11 is 0. The van der Waals surface area contributed by atoms with Crippen LogP contribution in [0.25, 0.3) is 0 Å². The van der Waals surface area contributed by atoms with Gasteiger partial charge >= 0.3 is 0 Å². The van der Waals surface area contributed by atoms with E-state index in [4.69, 9.17) is 4.74 Å². The summed E-state index contributed by atoms with van der Waals surface area (Å²) in [4.78, 5) is 0. The Bertz CT molecular complexity index is 102. The zero-order chi connectivity index (χ0) is 9.07. The van der Waals surface area contributed by atoms with Crippen molar-refractivity contribution in [1.82, 2.24) is 5.32 Å². The van der Waals surface area contributed by atoms with E-state index < -0.39 is 0 Å². The van der Waals surface area contributed by atoms with Crippen LogP contribution >= 0.6 is 0 Å². The lowest BCUT2D eigenvalue weighted by atomic mass is 10.2. The highest BCUT2D eigenvalue weighted by molar-refractivity contribution is 4.75. The lowest BCUT2D eigenvalue weighted by Crippen LogP contribution is -2.07. The molecule has 0 saturated heterocycles. The average molecular weight is 171 g/mol. The summed E-state index contributed by atoms with van der Waals surface area (Å²) in [7, 11) is 1.99. The van der Waals surface area contributed by atoms with Crippen LogP contribution in [-0.2, 0) is 4.74 Å². The maximum atomic E-state index is 5.35. The van der Waals surface area contributed by atoms with Crippen LogP contribution in [0.3, 0.4) is 0 Å². The topological polar surface area (TPSA) is 21.3 Å². The molecule has 0 amide bonds. The van der Waals surface area contributed by atoms with Crippen LogP contribution in [0, 0.1) is 0 Å². The molecule has 0 radical (unpaired) electrons. The Kier molecular flexibility index (Phi) is 10.4. The van der Waals surface area contributed by atoms with Gasteiger partial charge in [-0.2, -0.15) is 0 Å². The van der Waals surface area contributed by atoms with Gasteiger partial charge in [0.25, 0.3) is 0 Å². The van der Waals surface area contributed by atoms with Crippen molar-refractivity contribution in [2.75, 3.05) is 26.8 Å². The quantitative estimate of drug-likeness (QED) is 0.445. The molecule has 0 aromatic carbocycles. The van der Waals surface area contributed by atoms with Gasteiger partial charge in [0, 0.05) is 6.61 Å². The third kappa shape index (κ3) is 9.66. The van der Waals surface area contributed by atoms with Gasteiger partial charge in [-0.1, -0.05) is 12.2 Å². The van der Waals surface area contributed by atoms with E-state index in [9.17, 15) is 0 Å². The van der Waals surface area contributed by atoms with Crippen LogP contribution in [-0.4, -0.2) is 26.8 Å². The number of hydrogen-bond donors (Lipinski definition) is 1. The van der Waals surface area contributed by atoms with Crippen LogP contribution in [0.4, 0.5) is 0 Å². The Morgan fingerprint density at radius 2 is 2.08 bits per heavy atom. The van der Waals surface area contributed by atoms with E-state index in [1.165, 1.54) is 19.3 Å². The highest BCUT2D eigenvalue weighted by atomic mass is 16.5. The number of allylic oxidation sites excluding steroid dienone is 1. The summed E-state index contributed by atoms with van der Waals surface area (Å²) in [5, 5.41) is 3.13. The van der Waals surface area contributed by atoms with E-state index >= 15 is 0 Å². The molecular formula is C10H21NO. The predicted octanol–water partition coefficient (Wildman–Crippen LogP) is 1.97. The van der Waals surface area contributed by atoms with E-state index in [2.05, 4.69) is 5.32 Å². The molecule has 0 unspecified atom stereocenters. The molecule has 0 aromatic heterocycles. The zero-order valence-electron chi connectivity index (χ0n) is 8.31. The lowest BCUT2D eigenvalue weighted by Gasteiger charge is -2.00. The first-order chi connectivity index (χ1) is 5.91. The zero-order valence-corrected chi connectivity index (χ0v) is 8.31. The second-order valence-electron chi connectivity index (χ2n) is 2.81. The minimum absolute atomic E-state index is 0.766. The van der Waals surface area contributed by atoms with Crippen LogP contribution < -0.4 is 5.32 Å². The molecule has 0 spiro atoms. The number of ether oxygens (including phenoxy) is 1. The van der Waals surface area contributed by atoms with E-state index in [1.54, 1.807) is 0 Å². The molecule has 0 aliphatic rings. The summed E-state index contributed by atoms with van der Waals surface area (Å²) in [5.74, 6) is 0. The minimum Gasteiger partial charge on any atom is -0.377 e. The van der Waals surface area contributed by atoms with Gasteiger partial charge in [0.05, 0.1) is 6.61 Å². The van der Waals surface area contributed by atoms with Crippen molar-refractivity contribution in [3.8, 4) is 0 Å². The van der Waals surface area contributed by atoms with E-state index in [-0.39, 0.29) is 0 Å². The molecule has 0 bridgehead atoms. The molecule has 0 saturated carbocycles. The Balaban J connectivity index is 2.81. The van der Waals surface area contributed by atoms with Gasteiger partial charge in [-0.25, -0.2) is 0 Å². The van der Waals surface area contributed by atoms with Crippen LogP contribution in [0.5, 0.6) is 0 Å². The Morgan fingerprint density at radius 1 is 1.25 bits per heavy atom. The van der Waals surface area contributed by atoms with Gasteiger partial charge in [-0.3, -0.25) is 0 Å². The number of unbranched alkanes of at least 4 members (excludes halogenated alkanes) is 2. The van der Waals surface area contributed by atoms with Crippen molar-refractivity contribution in [2.24, 2.45) is 0 Å². The monoisotopic (exact) mass is 171 g/mol. The van der Waals surface area contributed by atoms with Crippen molar-refractivity contribution in [1.29, 1.82) is 0 Å². The predicted molar refractivity (Wildman–Crippen MR) is 53.4 cm³/mol. The van der Waals surface area contributed by atoms with Gasteiger partial charge in [0.2, 0.25) is 0 Å². The maximum absolute atomic E-state index is 5.35. The minimum atomic E-state index is 0.766. The van der Waals surface area contributed by atoms with Crippen LogP contribution in [0.15, 0.2) is 12.2 Å². The van der Waals surface area contributed by atoms with Gasteiger partial charge in [-0.15, -0.1) is 0 Å². The number of hydrogen-bond acceptors (Lipinski definition) is 2. The van der Waals surface area contributed by atoms with Gasteiger partial charge < -0.3 is 10.1 Å². The molecule has 72 valence electrons. The second-order valence-corrected chi connectivity index (χ2v) is 2.81. The van der Waals surface area contributed by atoms with E-state index in [0.29, 0.717) is 0 Å². The normalized spacial score (nSPS) is 11.2. The highest BCUT2D eigenvalue weighted by Crippen LogP contribution is 1.94. The first-order valence-corrected chi connectivity index (χ1v) is 4.75. The first kappa shape index (κ1) is 11.7. The van der Waals surface area contributed by atoms with Gasteiger partial charge in [0.15, 0.2) is 0 Å². The van der Waals surface area contributed by atoms with Crippen molar-refractivity contribution in [3.05, 3.63) is 12.2 Å². The van der Waals surface area contributed by atoms with Crippen molar-refractivity contribution < 1.29 is 4.74 Å². The van der Waals surface area contributed by atoms with Gasteiger partial charge in [0.1, 0.15) is 0 Å². The first-order valence-electron chi connectivity index (χ1n) is 4.75. The molecule has 2 heteroatoms. The third-order valence-corrected chi connectivity index (χ3v) is 1.67. The Morgan fingerprint density at radius 3 is 2.75 bits per heavy atom. The fraction of sp³-hybridized carbons (Fsp3) is 0.800. The smallest absolute Gasteiger partial charge is 0.0647 e. The molecule has 0 atom stereocenters. The molecule has 0 aliphatic carbocycles. The molecule has 1 N–H and O–H groups in total. The fourth-order valence-corrected chi connectivity index (χ4v) is 0.930. The molecular weight excluding hydrogens is 150 g/mol. The molecule has 0 aliphatic heterocycles. The molecule has 0 rings (SSSR count). The van der Waals surface area contributed by atoms with E-state index in [0.717, 1.165) is 19.8 Å². The summed E-state index contributed by atoms with van der Waals surface area (Å²) in [6.45, 7) is 4.79. The average Bonchev–Trinajstić information content (AvgIpc) is 2.10. The van der Waals surface area contributed by atoms with Crippen molar-refractivity contribution in [3.63, 3.8) is 0 Å². The SMILES string of the molecule is CC=CCOCCCCCNC. The molecule has 2 nitrogen and oxygen atoms in total. The lowest BCUT2D eigenvalue weighted by molar-refractivity contribution is 0.157. The number of rotatable bonds is 8. The largest absolute Gasteiger partial charge is 0.377 e. The molecule has 0 fully saturated rings. The molecule has 0 aromatic rings. The van der Waals surface area contributed by atoms with Crippen molar-refractivity contribution >= 4 is 0 Å². The van der Waals surface area contributed by atoms with Crippen LogP contribution in [0.2, 0.25) is 0 Å². The van der Waals surface area contributed by atoms with E-state index in [1.807, 2.05) is 26.1 Å². The van der Waals surface area contributed by atoms with Crippen LogP contribution in [0.1, 0.15) is 26.2 Å². The highest BCUT2D eigenvalue weighted by Gasteiger charge is 1.87. The van der Waals surface area contributed by atoms with Crippen molar-refractivity contribution in [2.45, 2.75) is 26.2 Å². The maximum Gasteiger partial charge on any atom is 0.0647 e. The fourth-order valence-electron chi connectivity index (χ4n) is 0.930. The third-order valence-electron chi connectivity index (χ3n) is 1.67.